The summed E-state index contributed by atoms with van der Waals surface area (Å²) in [4.78, 5) is 0. The van der Waals surface area contributed by atoms with Gasteiger partial charge in [0.25, 0.3) is 0 Å². The van der Waals surface area contributed by atoms with Crippen LogP contribution in [0.5, 0.6) is 0 Å². The highest BCUT2D eigenvalue weighted by Crippen LogP contribution is 2.35. The van der Waals surface area contributed by atoms with Crippen molar-refractivity contribution in [1.82, 2.24) is 5.32 Å². The first kappa shape index (κ1) is 16.9. The molecule has 0 spiro atoms. The highest BCUT2D eigenvalue weighted by Gasteiger charge is 2.31. The molecule has 3 nitrogen and oxygen atoms in total. The van der Waals surface area contributed by atoms with E-state index in [0.717, 1.165) is 25.5 Å². The Labute approximate surface area is 119 Å². The van der Waals surface area contributed by atoms with Crippen molar-refractivity contribution < 1.29 is 9.84 Å². The van der Waals surface area contributed by atoms with Crippen LogP contribution in [0.25, 0.3) is 0 Å². The van der Waals surface area contributed by atoms with Crippen LogP contribution in [0.4, 0.5) is 0 Å². The topological polar surface area (TPSA) is 41.5 Å². The molecule has 0 aromatic rings. The van der Waals surface area contributed by atoms with Crippen LogP contribution in [0.1, 0.15) is 53.4 Å². The molecule has 114 valence electrons. The van der Waals surface area contributed by atoms with Crippen molar-refractivity contribution >= 4 is 0 Å². The number of nitrogens with one attached hydrogen (secondary N) is 1. The molecule has 0 radical (unpaired) electrons. The lowest BCUT2D eigenvalue weighted by Gasteiger charge is -2.37. The van der Waals surface area contributed by atoms with Crippen LogP contribution in [0.3, 0.4) is 0 Å². The summed E-state index contributed by atoms with van der Waals surface area (Å²) in [5, 5.41) is 12.5. The monoisotopic (exact) mass is 271 g/mol. The van der Waals surface area contributed by atoms with Gasteiger partial charge in [0.15, 0.2) is 0 Å². The van der Waals surface area contributed by atoms with E-state index < -0.39 is 0 Å². The zero-order chi connectivity index (χ0) is 14.3. The summed E-state index contributed by atoms with van der Waals surface area (Å²) in [6.07, 6.45) is 5.18. The van der Waals surface area contributed by atoms with Gasteiger partial charge in [-0.25, -0.2) is 0 Å². The van der Waals surface area contributed by atoms with Gasteiger partial charge in [-0.05, 0) is 43.6 Å². The standard InChI is InChI=1S/C16H33NO2/c1-5-17-14(11-18)8-9-19-16-10-13(4)6-7-15(16)12(2)3/h12-18H,5-11H2,1-4H3. The molecule has 0 aliphatic heterocycles. The minimum Gasteiger partial charge on any atom is -0.395 e. The van der Waals surface area contributed by atoms with Gasteiger partial charge < -0.3 is 15.2 Å². The average Bonchev–Trinajstić information content (AvgIpc) is 2.37. The van der Waals surface area contributed by atoms with Crippen molar-refractivity contribution in [2.45, 2.75) is 65.5 Å². The molecule has 0 aromatic heterocycles. The SMILES string of the molecule is CCNC(CO)CCOC1CC(C)CCC1C(C)C. The fraction of sp³-hybridized carbons (Fsp3) is 1.00. The second kappa shape index (κ2) is 8.93. The maximum atomic E-state index is 9.26. The zero-order valence-corrected chi connectivity index (χ0v) is 13.2. The van der Waals surface area contributed by atoms with E-state index in [-0.39, 0.29) is 12.6 Å². The van der Waals surface area contributed by atoms with Gasteiger partial charge in [0.1, 0.15) is 0 Å². The lowest BCUT2D eigenvalue weighted by molar-refractivity contribution is -0.0420. The van der Waals surface area contributed by atoms with E-state index in [1.165, 1.54) is 19.3 Å². The predicted molar refractivity (Wildman–Crippen MR) is 80.3 cm³/mol. The minimum absolute atomic E-state index is 0.184. The number of aliphatic hydroxyl groups excluding tert-OH is 1. The van der Waals surface area contributed by atoms with Crippen molar-refractivity contribution in [3.8, 4) is 0 Å². The van der Waals surface area contributed by atoms with E-state index in [2.05, 4.69) is 33.0 Å². The number of hydrogen-bond donors (Lipinski definition) is 2. The van der Waals surface area contributed by atoms with E-state index >= 15 is 0 Å². The molecular formula is C16H33NO2. The van der Waals surface area contributed by atoms with E-state index in [1.54, 1.807) is 0 Å². The Morgan fingerprint density at radius 1 is 1.32 bits per heavy atom. The smallest absolute Gasteiger partial charge is 0.0608 e. The summed E-state index contributed by atoms with van der Waals surface area (Å²) < 4.78 is 6.15. The van der Waals surface area contributed by atoms with E-state index in [4.69, 9.17) is 4.74 Å². The summed E-state index contributed by atoms with van der Waals surface area (Å²) in [7, 11) is 0. The Bertz CT molecular complexity index is 233. The Morgan fingerprint density at radius 2 is 2.05 bits per heavy atom. The highest BCUT2D eigenvalue weighted by molar-refractivity contribution is 4.81. The van der Waals surface area contributed by atoms with Crippen LogP contribution >= 0.6 is 0 Å². The Morgan fingerprint density at radius 3 is 2.63 bits per heavy atom. The van der Waals surface area contributed by atoms with Gasteiger partial charge in [0, 0.05) is 12.6 Å². The van der Waals surface area contributed by atoms with Crippen molar-refractivity contribution in [2.75, 3.05) is 19.8 Å². The van der Waals surface area contributed by atoms with Gasteiger partial charge in [-0.2, -0.15) is 0 Å². The van der Waals surface area contributed by atoms with E-state index in [0.29, 0.717) is 17.9 Å². The summed E-state index contributed by atoms with van der Waals surface area (Å²) >= 11 is 0. The molecule has 1 rings (SSSR count). The van der Waals surface area contributed by atoms with Gasteiger partial charge in [0.05, 0.1) is 12.7 Å². The lowest BCUT2D eigenvalue weighted by atomic mass is 9.75. The predicted octanol–water partition coefficient (Wildman–Crippen LogP) is 2.82. The van der Waals surface area contributed by atoms with Crippen LogP contribution < -0.4 is 5.32 Å². The van der Waals surface area contributed by atoms with Crippen molar-refractivity contribution in [1.29, 1.82) is 0 Å². The van der Waals surface area contributed by atoms with Crippen LogP contribution in [-0.2, 0) is 4.74 Å². The van der Waals surface area contributed by atoms with E-state index in [1.807, 2.05) is 0 Å². The van der Waals surface area contributed by atoms with Gasteiger partial charge >= 0.3 is 0 Å². The summed E-state index contributed by atoms with van der Waals surface area (Å²) in [6.45, 7) is 10.9. The number of hydrogen-bond acceptors (Lipinski definition) is 3. The van der Waals surface area contributed by atoms with Gasteiger partial charge in [-0.3, -0.25) is 0 Å². The molecule has 0 amide bonds. The quantitative estimate of drug-likeness (QED) is 0.713. The third kappa shape index (κ3) is 5.80. The molecule has 3 heteroatoms. The van der Waals surface area contributed by atoms with Gasteiger partial charge in [-0.1, -0.05) is 34.1 Å². The molecule has 2 N–H and O–H groups in total. The lowest BCUT2D eigenvalue weighted by Crippen LogP contribution is -2.37. The molecule has 4 atom stereocenters. The summed E-state index contributed by atoms with van der Waals surface area (Å²) in [5.41, 5.74) is 0. The average molecular weight is 271 g/mol. The summed E-state index contributed by atoms with van der Waals surface area (Å²) in [6, 6.07) is 0.184. The maximum absolute atomic E-state index is 9.26. The first-order valence-corrected chi connectivity index (χ1v) is 8.04. The van der Waals surface area contributed by atoms with Crippen molar-refractivity contribution in [3.05, 3.63) is 0 Å². The van der Waals surface area contributed by atoms with Crippen LogP contribution in [0.2, 0.25) is 0 Å². The Balaban J connectivity index is 2.35. The van der Waals surface area contributed by atoms with Gasteiger partial charge in [-0.15, -0.1) is 0 Å². The molecule has 1 saturated carbocycles. The molecule has 1 aliphatic rings. The van der Waals surface area contributed by atoms with Crippen LogP contribution in [0.15, 0.2) is 0 Å². The summed E-state index contributed by atoms with van der Waals surface area (Å²) in [5.74, 6) is 2.21. The second-order valence-corrected chi connectivity index (χ2v) is 6.46. The Hall–Kier alpha value is -0.120. The first-order valence-electron chi connectivity index (χ1n) is 8.04. The fourth-order valence-electron chi connectivity index (χ4n) is 3.21. The normalized spacial score (nSPS) is 29.7. The largest absolute Gasteiger partial charge is 0.395 e. The van der Waals surface area contributed by atoms with E-state index in [9.17, 15) is 5.11 Å². The maximum Gasteiger partial charge on any atom is 0.0608 e. The van der Waals surface area contributed by atoms with Crippen molar-refractivity contribution in [3.63, 3.8) is 0 Å². The second-order valence-electron chi connectivity index (χ2n) is 6.46. The van der Waals surface area contributed by atoms with Crippen LogP contribution in [0, 0.1) is 17.8 Å². The highest BCUT2D eigenvalue weighted by atomic mass is 16.5. The van der Waals surface area contributed by atoms with Crippen molar-refractivity contribution in [2.24, 2.45) is 17.8 Å². The first-order chi connectivity index (χ1) is 9.08. The number of rotatable bonds is 8. The molecule has 1 fully saturated rings. The third-order valence-corrected chi connectivity index (χ3v) is 4.47. The molecule has 1 aliphatic carbocycles. The fourth-order valence-corrected chi connectivity index (χ4v) is 3.21. The third-order valence-electron chi connectivity index (χ3n) is 4.47. The molecule has 4 unspecified atom stereocenters. The molecule has 0 aromatic carbocycles. The number of ether oxygens (including phenoxy) is 1. The van der Waals surface area contributed by atoms with Crippen LogP contribution in [-0.4, -0.2) is 37.0 Å². The van der Waals surface area contributed by atoms with Gasteiger partial charge in [0.2, 0.25) is 0 Å². The molecule has 0 heterocycles. The minimum atomic E-state index is 0.184. The number of aliphatic hydroxyl groups is 1. The zero-order valence-electron chi connectivity index (χ0n) is 13.2. The Kier molecular flexibility index (Phi) is 7.96. The molecular weight excluding hydrogens is 238 g/mol. The molecule has 19 heavy (non-hydrogen) atoms. The number of likely N-dealkylation sites (N-methyl/N-ethyl adjacent to an activating group) is 1. The molecule has 0 saturated heterocycles. The molecule has 0 bridgehead atoms.